The van der Waals surface area contributed by atoms with Crippen LogP contribution in [-0.2, 0) is 14.3 Å². The molecule has 214 valence electrons. The molecule has 0 aromatic heterocycles. The third-order valence-electron chi connectivity index (χ3n) is 6.58. The third-order valence-corrected chi connectivity index (χ3v) is 6.58. The van der Waals surface area contributed by atoms with Crippen molar-refractivity contribution in [2.75, 3.05) is 18.4 Å². The van der Waals surface area contributed by atoms with E-state index in [9.17, 15) is 14.4 Å². The maximum atomic E-state index is 13.9. The van der Waals surface area contributed by atoms with E-state index in [0.29, 0.717) is 17.8 Å². The molecule has 2 N–H and O–H groups in total. The van der Waals surface area contributed by atoms with E-state index in [4.69, 9.17) is 4.74 Å². The van der Waals surface area contributed by atoms with Crippen LogP contribution in [0.1, 0.15) is 77.0 Å². The number of anilines is 1. The Kier molecular flexibility index (Phi) is 11.1. The number of ether oxygens (including phenoxy) is 1. The number of amides is 3. The zero-order chi connectivity index (χ0) is 29.1. The van der Waals surface area contributed by atoms with Gasteiger partial charge in [-0.1, -0.05) is 92.8 Å². The Morgan fingerprint density at radius 1 is 0.875 bits per heavy atom. The average Bonchev–Trinajstić information content (AvgIpc) is 2.90. The van der Waals surface area contributed by atoms with Crippen molar-refractivity contribution in [3.63, 3.8) is 0 Å². The van der Waals surface area contributed by atoms with Crippen molar-refractivity contribution in [3.05, 3.63) is 77.9 Å². The van der Waals surface area contributed by atoms with Crippen LogP contribution in [0.25, 0.3) is 10.8 Å². The first-order valence-electron chi connectivity index (χ1n) is 14.2. The van der Waals surface area contributed by atoms with Crippen LogP contribution < -0.4 is 10.6 Å². The summed E-state index contributed by atoms with van der Waals surface area (Å²) >= 11 is 0. The van der Waals surface area contributed by atoms with Crippen LogP contribution >= 0.6 is 0 Å². The van der Waals surface area contributed by atoms with E-state index in [-0.39, 0.29) is 18.4 Å². The summed E-state index contributed by atoms with van der Waals surface area (Å²) in [6.45, 7) is 9.56. The van der Waals surface area contributed by atoms with Gasteiger partial charge in [-0.05, 0) is 62.6 Å². The highest BCUT2D eigenvalue weighted by Gasteiger charge is 2.32. The van der Waals surface area contributed by atoms with E-state index in [2.05, 4.69) is 17.6 Å². The molecule has 0 aliphatic carbocycles. The van der Waals surface area contributed by atoms with Crippen molar-refractivity contribution < 1.29 is 19.1 Å². The number of carbonyl (C=O) groups excluding carboxylic acids is 3. The quantitative estimate of drug-likeness (QED) is 0.237. The fraction of sp³-hybridized carbons (Fsp3) is 0.424. The summed E-state index contributed by atoms with van der Waals surface area (Å²) < 4.78 is 5.31. The third kappa shape index (κ3) is 9.40. The predicted molar refractivity (Wildman–Crippen MR) is 161 cm³/mol. The monoisotopic (exact) mass is 545 g/mol. The molecule has 0 spiro atoms. The highest BCUT2D eigenvalue weighted by molar-refractivity contribution is 6.00. The van der Waals surface area contributed by atoms with Crippen LogP contribution in [0.4, 0.5) is 10.5 Å². The maximum Gasteiger partial charge on any atom is 0.408 e. The van der Waals surface area contributed by atoms with E-state index < -0.39 is 17.7 Å². The Bertz CT molecular complexity index is 1280. The summed E-state index contributed by atoms with van der Waals surface area (Å²) in [6.07, 6.45) is 4.33. The van der Waals surface area contributed by atoms with Crippen LogP contribution in [0.5, 0.6) is 0 Å². The molecule has 40 heavy (non-hydrogen) atoms. The minimum absolute atomic E-state index is 0.268. The lowest BCUT2D eigenvalue weighted by Crippen LogP contribution is -2.47. The number of aryl methyl sites for hydroxylation is 1. The SMILES string of the molecule is CCCCCCCN(C(=O)CNC(=O)OC(C)(C)C)C(C(=O)Nc1ccc2ccccc2c1)c1ccc(C)cc1. The second kappa shape index (κ2) is 14.5. The summed E-state index contributed by atoms with van der Waals surface area (Å²) in [4.78, 5) is 41.4. The number of benzene rings is 3. The number of hydrogen-bond donors (Lipinski definition) is 2. The number of hydrogen-bond acceptors (Lipinski definition) is 4. The second-order valence-corrected chi connectivity index (χ2v) is 11.2. The van der Waals surface area contributed by atoms with Gasteiger partial charge in [-0.15, -0.1) is 0 Å². The van der Waals surface area contributed by atoms with Crippen LogP contribution in [0, 0.1) is 6.92 Å². The van der Waals surface area contributed by atoms with Crippen LogP contribution in [-0.4, -0.2) is 41.5 Å². The summed E-state index contributed by atoms with van der Waals surface area (Å²) in [6, 6.07) is 20.5. The van der Waals surface area contributed by atoms with Crippen molar-refractivity contribution in [1.29, 1.82) is 0 Å². The van der Waals surface area contributed by atoms with E-state index in [1.54, 1.807) is 25.7 Å². The molecule has 0 heterocycles. The molecule has 7 nitrogen and oxygen atoms in total. The van der Waals surface area contributed by atoms with Crippen LogP contribution in [0.15, 0.2) is 66.7 Å². The van der Waals surface area contributed by atoms with Crippen LogP contribution in [0.2, 0.25) is 0 Å². The molecule has 7 heteroatoms. The molecule has 0 aliphatic rings. The van der Waals surface area contributed by atoms with Gasteiger partial charge in [0.15, 0.2) is 0 Å². The molecule has 0 radical (unpaired) electrons. The summed E-state index contributed by atoms with van der Waals surface area (Å²) in [7, 11) is 0. The number of nitrogens with zero attached hydrogens (tertiary/aromatic N) is 1. The van der Waals surface area contributed by atoms with Gasteiger partial charge in [-0.25, -0.2) is 4.79 Å². The molecule has 0 saturated heterocycles. The molecule has 3 rings (SSSR count). The molecule has 0 saturated carbocycles. The molecule has 3 amide bonds. The average molecular weight is 546 g/mol. The maximum absolute atomic E-state index is 13.9. The molecular weight excluding hydrogens is 502 g/mol. The first kappa shape index (κ1) is 30.7. The van der Waals surface area contributed by atoms with E-state index in [1.807, 2.05) is 73.7 Å². The normalized spacial score (nSPS) is 12.0. The van der Waals surface area contributed by atoms with E-state index in [1.165, 1.54) is 0 Å². The van der Waals surface area contributed by atoms with E-state index in [0.717, 1.165) is 48.4 Å². The van der Waals surface area contributed by atoms with Crippen molar-refractivity contribution in [2.45, 2.75) is 78.4 Å². The molecular formula is C33H43N3O4. The first-order valence-corrected chi connectivity index (χ1v) is 14.2. The van der Waals surface area contributed by atoms with Gasteiger partial charge < -0.3 is 20.3 Å². The standard InChI is InChI=1S/C33H43N3O4/c1-6-7-8-9-12-21-36(29(37)23-34-32(39)40-33(3,4)5)30(26-17-15-24(2)16-18-26)31(38)35-28-20-19-25-13-10-11-14-27(25)22-28/h10-11,13-20,22,30H,6-9,12,21,23H2,1-5H3,(H,34,39)(H,35,38). The van der Waals surface area contributed by atoms with Crippen molar-refractivity contribution in [2.24, 2.45) is 0 Å². The lowest BCUT2D eigenvalue weighted by Gasteiger charge is -2.32. The van der Waals surface area contributed by atoms with Gasteiger partial charge in [-0.3, -0.25) is 9.59 Å². The van der Waals surface area contributed by atoms with Crippen molar-refractivity contribution in [1.82, 2.24) is 10.2 Å². The number of carbonyl (C=O) groups is 3. The molecule has 0 aliphatic heterocycles. The Labute approximate surface area is 238 Å². The fourth-order valence-electron chi connectivity index (χ4n) is 4.55. The van der Waals surface area contributed by atoms with Gasteiger partial charge in [0.05, 0.1) is 0 Å². The number of fused-ring (bicyclic) bond motifs is 1. The second-order valence-electron chi connectivity index (χ2n) is 11.2. The number of alkyl carbamates (subject to hydrolysis) is 1. The van der Waals surface area contributed by atoms with Crippen molar-refractivity contribution in [3.8, 4) is 0 Å². The molecule has 0 fully saturated rings. The topological polar surface area (TPSA) is 87.7 Å². The smallest absolute Gasteiger partial charge is 0.408 e. The van der Waals surface area contributed by atoms with Crippen molar-refractivity contribution >= 4 is 34.4 Å². The molecule has 1 unspecified atom stereocenters. The fourth-order valence-corrected chi connectivity index (χ4v) is 4.55. The zero-order valence-corrected chi connectivity index (χ0v) is 24.5. The highest BCUT2D eigenvalue weighted by Crippen LogP contribution is 2.26. The van der Waals surface area contributed by atoms with Gasteiger partial charge in [-0.2, -0.15) is 0 Å². The Morgan fingerprint density at radius 3 is 2.23 bits per heavy atom. The number of rotatable bonds is 12. The Hall–Kier alpha value is -3.87. The van der Waals surface area contributed by atoms with Gasteiger partial charge >= 0.3 is 6.09 Å². The van der Waals surface area contributed by atoms with Crippen LogP contribution in [0.3, 0.4) is 0 Å². The predicted octanol–water partition coefficient (Wildman–Crippen LogP) is 7.15. The zero-order valence-electron chi connectivity index (χ0n) is 24.5. The summed E-state index contributed by atoms with van der Waals surface area (Å²) in [5.41, 5.74) is 1.74. The molecule has 3 aromatic rings. The highest BCUT2D eigenvalue weighted by atomic mass is 16.6. The molecule has 3 aromatic carbocycles. The summed E-state index contributed by atoms with van der Waals surface area (Å²) in [5.74, 6) is -0.654. The molecule has 0 bridgehead atoms. The largest absolute Gasteiger partial charge is 0.444 e. The lowest BCUT2D eigenvalue weighted by atomic mass is 10.0. The van der Waals surface area contributed by atoms with Gasteiger partial charge in [0.25, 0.3) is 5.91 Å². The first-order chi connectivity index (χ1) is 19.1. The summed E-state index contributed by atoms with van der Waals surface area (Å²) in [5, 5.41) is 7.70. The van der Waals surface area contributed by atoms with Gasteiger partial charge in [0.1, 0.15) is 18.2 Å². The minimum atomic E-state index is -0.869. The Balaban J connectivity index is 1.89. The lowest BCUT2D eigenvalue weighted by molar-refractivity contribution is -0.138. The number of nitrogens with one attached hydrogen (secondary N) is 2. The Morgan fingerprint density at radius 2 is 1.55 bits per heavy atom. The van der Waals surface area contributed by atoms with Gasteiger partial charge in [0, 0.05) is 12.2 Å². The van der Waals surface area contributed by atoms with Gasteiger partial charge in [0.2, 0.25) is 5.91 Å². The minimum Gasteiger partial charge on any atom is -0.444 e. The molecule has 1 atom stereocenters. The van der Waals surface area contributed by atoms with E-state index >= 15 is 0 Å². The number of unbranched alkanes of at least 4 members (excludes halogenated alkanes) is 4.